The van der Waals surface area contributed by atoms with Crippen molar-refractivity contribution < 1.29 is 13.3 Å². The summed E-state index contributed by atoms with van der Waals surface area (Å²) in [5, 5.41) is 8.79. The fourth-order valence-corrected chi connectivity index (χ4v) is 23.9. The summed E-state index contributed by atoms with van der Waals surface area (Å²) in [7, 11) is 0. The van der Waals surface area contributed by atoms with Crippen LogP contribution in [0.4, 0.5) is 51.7 Å². The Bertz CT molecular complexity index is 9120. The topological polar surface area (TPSA) is 154 Å². The second-order valence-corrected chi connectivity index (χ2v) is 37.3. The summed E-state index contributed by atoms with van der Waals surface area (Å²) in [6, 6.07) is 152. The van der Waals surface area contributed by atoms with Crippen molar-refractivity contribution in [2.45, 2.75) is 0 Å². The number of para-hydroxylation sites is 9. The molecule has 0 fully saturated rings. The molecule has 0 saturated heterocycles. The molecule has 0 unspecified atom stereocenters. The lowest BCUT2D eigenvalue weighted by Gasteiger charge is -2.33. The molecule has 3 aliphatic heterocycles. The summed E-state index contributed by atoms with van der Waals surface area (Å²) in [6.45, 7) is -0.541. The molecule has 21 heteroatoms. The number of hydrogen-bond donors (Lipinski definition) is 0. The third kappa shape index (κ3) is 12.7. The zero-order valence-electron chi connectivity index (χ0n) is 74.8. The van der Waals surface area contributed by atoms with Crippen LogP contribution in [0.5, 0.6) is 0 Å². The van der Waals surface area contributed by atoms with Crippen LogP contribution >= 0.6 is 22.7 Å². The average Bonchev–Trinajstić information content (AvgIpc) is 1.53. The predicted molar refractivity (Wildman–Crippen MR) is 578 cm³/mol. The molecule has 0 radical (unpaired) electrons. The predicted octanol–water partition coefficient (Wildman–Crippen LogP) is 23.9. The molecule has 0 N–H and O–H groups in total. The molecule has 27 aromatic rings. The van der Waals surface area contributed by atoms with Crippen LogP contribution in [-0.2, 0) is 0 Å². The second kappa shape index (κ2) is 32.9. The third-order valence-electron chi connectivity index (χ3n) is 27.4. The van der Waals surface area contributed by atoms with Crippen LogP contribution in [0.3, 0.4) is 0 Å². The molecular weight excluding hydrogens is 1760 g/mol. The van der Waals surface area contributed by atoms with E-state index in [0.29, 0.717) is 17.6 Å². The number of rotatable bonds is 11. The van der Waals surface area contributed by atoms with E-state index in [1.807, 2.05) is 84.9 Å². The number of nitrogens with zero attached hydrogens (tertiary/aromatic N) is 13. The van der Waals surface area contributed by atoms with Crippen LogP contribution in [0, 0.1) is 0 Å². The molecule has 140 heavy (non-hydrogen) atoms. The quantitative estimate of drug-likeness (QED) is 0.113. The number of thiophene rings is 2. The molecule has 11 aromatic heterocycles. The summed E-state index contributed by atoms with van der Waals surface area (Å²) in [6.07, 6.45) is 3.41. The zero-order valence-corrected chi connectivity index (χ0v) is 76.4. The van der Waals surface area contributed by atoms with Crippen LogP contribution in [-0.4, -0.2) is 68.7 Å². The molecule has 0 saturated carbocycles. The van der Waals surface area contributed by atoms with Gasteiger partial charge in [0.1, 0.15) is 46.4 Å². The smallest absolute Gasteiger partial charge is 0.313 e. The Hall–Kier alpha value is -18.0. The van der Waals surface area contributed by atoms with E-state index in [1.54, 1.807) is 35.3 Å². The monoisotopic (exact) mass is 1830 g/mol. The van der Waals surface area contributed by atoms with Crippen LogP contribution in [0.15, 0.2) is 463 Å². The molecule has 0 atom stereocenters. The number of furan rings is 3. The van der Waals surface area contributed by atoms with Gasteiger partial charge in [-0.05, 0) is 103 Å². The first-order valence-electron chi connectivity index (χ1n) is 46.8. The van der Waals surface area contributed by atoms with Crippen molar-refractivity contribution in [1.82, 2.24) is 48.6 Å². The highest BCUT2D eigenvalue weighted by molar-refractivity contribution is 7.26. The molecule has 16 aromatic carbocycles. The molecule has 654 valence electrons. The van der Waals surface area contributed by atoms with E-state index < -0.39 is 0 Å². The summed E-state index contributed by atoms with van der Waals surface area (Å²) >= 11 is 3.48. The number of aromatic nitrogens is 10. The molecule has 14 heterocycles. The fourth-order valence-electron chi connectivity index (χ4n) is 21.7. The van der Waals surface area contributed by atoms with Gasteiger partial charge in [-0.3, -0.25) is 14.7 Å². The van der Waals surface area contributed by atoms with E-state index in [-0.39, 0.29) is 20.1 Å². The number of hydrogen-bond acceptors (Lipinski definition) is 15. The Kier molecular flexibility index (Phi) is 18.9. The summed E-state index contributed by atoms with van der Waals surface area (Å²) in [5.74, 6) is 3.44. The van der Waals surface area contributed by atoms with Crippen LogP contribution in [0.2, 0.25) is 0 Å². The Morgan fingerprint density at radius 1 is 0.229 bits per heavy atom. The molecule has 0 bridgehead atoms. The minimum absolute atomic E-state index is 0.160. The van der Waals surface area contributed by atoms with Gasteiger partial charge in [0.25, 0.3) is 0 Å². The van der Waals surface area contributed by atoms with Gasteiger partial charge >= 0.3 is 20.1 Å². The highest BCUT2D eigenvalue weighted by Crippen LogP contribution is 2.53. The lowest BCUT2D eigenvalue weighted by atomic mass is 9.39. The number of benzene rings is 16. The van der Waals surface area contributed by atoms with Crippen LogP contribution < -0.4 is 64.8 Å². The number of anilines is 9. The van der Waals surface area contributed by atoms with Gasteiger partial charge in [-0.1, -0.05) is 350 Å². The van der Waals surface area contributed by atoms with Gasteiger partial charge in [0.15, 0.2) is 23.3 Å². The van der Waals surface area contributed by atoms with Gasteiger partial charge in [-0.25, -0.2) is 24.9 Å². The molecular formula is C119H74B3N13O3S2. The first kappa shape index (κ1) is 80.4. The van der Waals surface area contributed by atoms with Gasteiger partial charge in [0.2, 0.25) is 5.95 Å². The molecule has 3 aliphatic rings. The molecule has 0 amide bonds. The largest absolute Gasteiger partial charge is 0.468 e. The van der Waals surface area contributed by atoms with Crippen molar-refractivity contribution in [3.8, 4) is 39.8 Å². The van der Waals surface area contributed by atoms with Crippen LogP contribution in [0.25, 0.3) is 146 Å². The zero-order chi connectivity index (χ0) is 92.0. The Morgan fingerprint density at radius 3 is 0.843 bits per heavy atom. The maximum Gasteiger partial charge on any atom is 0.313 e. The molecule has 0 spiro atoms. The highest BCUT2D eigenvalue weighted by Gasteiger charge is 2.50. The van der Waals surface area contributed by atoms with Crippen molar-refractivity contribution in [2.75, 3.05) is 14.7 Å². The summed E-state index contributed by atoms with van der Waals surface area (Å²) in [5.41, 5.74) is 28.6. The van der Waals surface area contributed by atoms with Gasteiger partial charge < -0.3 is 27.0 Å². The van der Waals surface area contributed by atoms with E-state index in [9.17, 15) is 0 Å². The first-order valence-corrected chi connectivity index (χ1v) is 48.5. The van der Waals surface area contributed by atoms with E-state index >= 15 is 0 Å². The van der Waals surface area contributed by atoms with Crippen molar-refractivity contribution >= 4 is 251 Å². The minimum atomic E-state index is -0.221. The molecule has 30 rings (SSSR count). The lowest BCUT2D eigenvalue weighted by molar-refractivity contribution is 0.650. The van der Waals surface area contributed by atoms with Gasteiger partial charge in [-0.2, -0.15) is 9.97 Å². The molecule has 16 nitrogen and oxygen atoms in total. The lowest BCUT2D eigenvalue weighted by Crippen LogP contribution is -2.58. The normalized spacial score (nSPS) is 12.6. The van der Waals surface area contributed by atoms with Gasteiger partial charge in [0, 0.05) is 97.5 Å². The standard InChI is InChI=1S/C43H28BN5O.2C38H23BN4OS/c1-5-17-29(18-6-1)41-45-42(30-19-7-2-8-20-30)47-43(46-41)49-37-33-25-13-15-27-35(33)48(32-23-11-4-12-24-32)39(37)44(31-21-9-3-10-22-31)40-38(49)34-26-14-16-28-36(34)50-40;2*1-3-13-24(14-4-1)39-36-33(26-17-7-10-20-29(26)42(36)25-15-5-2-6-16-25)43(34-27-18-8-11-21-30(27)44-37(34)39)38-35-32(40-23-41-38)28-19-9-12-22-31(28)45-35/h1-28H;2*1-23H. The fraction of sp³-hybridized carbons (Fsp3) is 0. The summed E-state index contributed by atoms with van der Waals surface area (Å²) < 4.78 is 32.5. The van der Waals surface area contributed by atoms with E-state index in [0.717, 1.165) is 210 Å². The van der Waals surface area contributed by atoms with Crippen molar-refractivity contribution in [1.29, 1.82) is 0 Å². The maximum atomic E-state index is 6.96. The second-order valence-electron chi connectivity index (χ2n) is 35.2. The van der Waals surface area contributed by atoms with Crippen molar-refractivity contribution in [3.05, 3.63) is 449 Å². The van der Waals surface area contributed by atoms with Crippen LogP contribution in [0.1, 0.15) is 0 Å². The summed E-state index contributed by atoms with van der Waals surface area (Å²) in [4.78, 5) is 42.3. The van der Waals surface area contributed by atoms with Crippen molar-refractivity contribution in [3.63, 3.8) is 0 Å². The minimum Gasteiger partial charge on any atom is -0.468 e. The first-order chi connectivity index (χ1) is 69.6. The van der Waals surface area contributed by atoms with Gasteiger partial charge in [0.05, 0.1) is 71.1 Å². The van der Waals surface area contributed by atoms with E-state index in [1.165, 1.54) is 20.3 Å². The van der Waals surface area contributed by atoms with E-state index in [4.69, 9.17) is 48.1 Å². The number of fused-ring (bicyclic) bond motifs is 24. The Labute approximate surface area is 810 Å². The third-order valence-corrected chi connectivity index (χ3v) is 29.7. The maximum absolute atomic E-state index is 6.96. The van der Waals surface area contributed by atoms with E-state index in [2.05, 4.69) is 380 Å². The Morgan fingerprint density at radius 2 is 0.500 bits per heavy atom. The van der Waals surface area contributed by atoms with Crippen molar-refractivity contribution in [2.24, 2.45) is 0 Å². The average molecular weight is 1830 g/mol. The SMILES string of the molecule is c1ccc(B2c3oc4ccccc4c3N(c3nc(-c4ccccc4)nc(-c4ccccc4)n3)c3c2n(-c2ccccc2)c2ccccc32)cc1.c1ccc(B2c3oc4ccccc4c3N(c3ncnc4c3sc3ccccc34)c3c2n(-c2ccccc2)c2ccccc32)cc1.c1ccc(B2c3oc4ccccc4c3N(c3ncnc4c3sc3ccccc34)c3c2n(-c2ccccc2)c2ccccc32)cc1. The molecule has 0 aliphatic carbocycles. The Balaban J connectivity index is 0.000000103. The van der Waals surface area contributed by atoms with Gasteiger partial charge in [-0.15, -0.1) is 22.7 Å². The highest BCUT2D eigenvalue weighted by atomic mass is 32.1.